The van der Waals surface area contributed by atoms with Crippen molar-refractivity contribution in [2.45, 2.75) is 26.4 Å². The van der Waals surface area contributed by atoms with E-state index in [0.717, 1.165) is 60.2 Å². The van der Waals surface area contributed by atoms with Crippen LogP contribution in [0.5, 0.6) is 5.75 Å². The number of carboxylic acid groups (broad SMARTS) is 2. The van der Waals surface area contributed by atoms with Gasteiger partial charge in [0.25, 0.3) is 0 Å². The molecule has 9 heteroatoms. The van der Waals surface area contributed by atoms with Crippen LogP contribution in [0.4, 0.5) is 11.4 Å². The minimum absolute atomic E-state index is 0.0905. The average Bonchev–Trinajstić information content (AvgIpc) is 2.97. The molecule has 1 aliphatic rings. The molecule has 0 unspecified atom stereocenters. The number of nitrogens with zero attached hydrogens (tertiary/aromatic N) is 2. The number of hydrogen-bond donors (Lipinski definition) is 2. The zero-order chi connectivity index (χ0) is 26.5. The topological polar surface area (TPSA) is 107 Å². The van der Waals surface area contributed by atoms with Crippen molar-refractivity contribution >= 4 is 40.7 Å². The fraction of sp³-hybridized carbons (Fsp3) is 0.296. The highest BCUT2D eigenvalue weighted by molar-refractivity contribution is 6.30. The monoisotopic (exact) mass is 514 g/mol. The van der Waals surface area contributed by atoms with Crippen LogP contribution in [0.25, 0.3) is 0 Å². The molecule has 0 bridgehead atoms. The van der Waals surface area contributed by atoms with Gasteiger partial charge in [-0.05, 0) is 63.7 Å². The molecule has 0 aromatic heterocycles. The summed E-state index contributed by atoms with van der Waals surface area (Å²) in [7, 11) is 2.08. The van der Waals surface area contributed by atoms with Gasteiger partial charge < -0.3 is 24.7 Å². The van der Waals surface area contributed by atoms with Crippen molar-refractivity contribution in [2.75, 3.05) is 31.6 Å². The maximum atomic E-state index is 11.0. The summed E-state index contributed by atoms with van der Waals surface area (Å²) in [4.78, 5) is 34.6. The molecule has 0 aliphatic carbocycles. The van der Waals surface area contributed by atoms with Crippen LogP contribution in [0, 0.1) is 0 Å². The number of carboxylic acids is 2. The molecule has 2 N–H and O–H groups in total. The molecule has 8 nitrogen and oxygen atoms in total. The van der Waals surface area contributed by atoms with E-state index in [1.807, 2.05) is 42.5 Å². The third-order valence-corrected chi connectivity index (χ3v) is 5.42. The molecule has 1 heterocycles. The first-order valence-corrected chi connectivity index (χ1v) is 11.8. The third kappa shape index (κ3) is 9.93. The van der Waals surface area contributed by atoms with E-state index in [0.29, 0.717) is 18.8 Å². The number of rotatable bonds is 10. The van der Waals surface area contributed by atoms with Crippen molar-refractivity contribution < 1.29 is 29.3 Å². The molecule has 36 heavy (non-hydrogen) atoms. The van der Waals surface area contributed by atoms with Crippen molar-refractivity contribution in [2.24, 2.45) is 0 Å². The predicted molar refractivity (Wildman–Crippen MR) is 140 cm³/mol. The van der Waals surface area contributed by atoms with Gasteiger partial charge in [-0.1, -0.05) is 35.9 Å². The van der Waals surface area contributed by atoms with Gasteiger partial charge in [-0.2, -0.15) is 0 Å². The van der Waals surface area contributed by atoms with Crippen LogP contribution >= 0.6 is 11.6 Å². The highest BCUT2D eigenvalue weighted by Crippen LogP contribution is 2.40. The van der Waals surface area contributed by atoms with Crippen molar-refractivity contribution in [3.8, 4) is 5.75 Å². The van der Waals surface area contributed by atoms with Crippen LogP contribution < -0.4 is 9.64 Å². The number of unbranched alkanes of at least 4 members (excludes halogenated alkanes) is 1. The van der Waals surface area contributed by atoms with Crippen molar-refractivity contribution in [1.29, 1.82) is 0 Å². The molecule has 0 atom stereocenters. The molecule has 2 aromatic carbocycles. The second-order valence-electron chi connectivity index (χ2n) is 8.17. The van der Waals surface area contributed by atoms with Gasteiger partial charge in [-0.15, -0.1) is 0 Å². The smallest absolute Gasteiger partial charge is 0.328 e. The number of para-hydroxylation sites is 2. The minimum Gasteiger partial charge on any atom is -0.487 e. The zero-order valence-corrected chi connectivity index (χ0v) is 21.1. The lowest BCUT2D eigenvalue weighted by Crippen LogP contribution is -2.23. The van der Waals surface area contributed by atoms with E-state index in [1.165, 1.54) is 0 Å². The summed E-state index contributed by atoms with van der Waals surface area (Å²) in [6, 6.07) is 14.2. The molecule has 0 saturated heterocycles. The lowest BCUT2D eigenvalue weighted by atomic mass is 10.1. The quantitative estimate of drug-likeness (QED) is 0.339. The Morgan fingerprint density at radius 2 is 1.72 bits per heavy atom. The average molecular weight is 515 g/mol. The molecular weight excluding hydrogens is 484 g/mol. The number of ether oxygens (including phenoxy) is 1. The Bertz CT molecular complexity index is 1100. The maximum absolute atomic E-state index is 11.0. The molecule has 0 amide bonds. The summed E-state index contributed by atoms with van der Waals surface area (Å²) in [6.45, 7) is 4.79. The molecule has 0 saturated carbocycles. The van der Waals surface area contributed by atoms with Crippen LogP contribution in [-0.4, -0.2) is 59.5 Å². The van der Waals surface area contributed by atoms with E-state index in [-0.39, 0.29) is 5.78 Å². The van der Waals surface area contributed by atoms with Crippen molar-refractivity contribution in [1.82, 2.24) is 4.90 Å². The number of halogens is 1. The number of hydrogen-bond acceptors (Lipinski definition) is 6. The lowest BCUT2D eigenvalue weighted by molar-refractivity contribution is -0.134. The normalized spacial score (nSPS) is 12.4. The summed E-state index contributed by atoms with van der Waals surface area (Å²) in [5.41, 5.74) is 3.35. The molecule has 0 radical (unpaired) electrons. The molecule has 3 rings (SSSR count). The Hall–Kier alpha value is -3.62. The Balaban J connectivity index is 0.000000493. The minimum atomic E-state index is -1.26. The number of carbonyl (C=O) groups is 3. The Labute approximate surface area is 216 Å². The van der Waals surface area contributed by atoms with E-state index in [9.17, 15) is 14.4 Å². The van der Waals surface area contributed by atoms with Crippen molar-refractivity contribution in [3.05, 3.63) is 77.4 Å². The standard InChI is InChI=1S/C23H27ClN2O2.C4H4O4/c1-18(27)8-7-14-25(2)13-5-6-15-26-21-9-3-4-10-23(21)28-17-19-11-12-20(24)16-22(19)26;5-3(6)1-2-4(7)8/h3-4,7-12,16H,5-6,13-15,17H2,1-2H3;1-2H,(H,5,6)(H,7,8)/b8-7+;2-1-. The summed E-state index contributed by atoms with van der Waals surface area (Å²) < 4.78 is 6.03. The van der Waals surface area contributed by atoms with Gasteiger partial charge in [-0.3, -0.25) is 4.79 Å². The first kappa shape index (κ1) is 28.6. The van der Waals surface area contributed by atoms with E-state index in [2.05, 4.69) is 22.9 Å². The lowest BCUT2D eigenvalue weighted by Gasteiger charge is -2.26. The highest BCUT2D eigenvalue weighted by atomic mass is 35.5. The Morgan fingerprint density at radius 3 is 2.39 bits per heavy atom. The van der Waals surface area contributed by atoms with Crippen LogP contribution in [0.3, 0.4) is 0 Å². The van der Waals surface area contributed by atoms with Gasteiger partial charge >= 0.3 is 11.9 Å². The van der Waals surface area contributed by atoms with Crippen LogP contribution in [0.1, 0.15) is 25.3 Å². The molecule has 2 aromatic rings. The largest absolute Gasteiger partial charge is 0.487 e. The molecule has 1 aliphatic heterocycles. The molecule has 192 valence electrons. The number of allylic oxidation sites excluding steroid dienone is 1. The Kier molecular flexibility index (Phi) is 11.7. The number of fused-ring (bicyclic) bond motifs is 2. The second-order valence-corrected chi connectivity index (χ2v) is 8.61. The molecular formula is C27H31ClN2O6. The van der Waals surface area contributed by atoms with Gasteiger partial charge in [0.2, 0.25) is 0 Å². The summed E-state index contributed by atoms with van der Waals surface area (Å²) in [6.07, 6.45) is 6.78. The summed E-state index contributed by atoms with van der Waals surface area (Å²) >= 11 is 6.29. The number of benzene rings is 2. The molecule has 0 fully saturated rings. The SMILES string of the molecule is CC(=O)/C=C/CN(C)CCCCN1c2cc(Cl)ccc2COc2ccccc21.O=C(O)/C=C\C(=O)O. The van der Waals surface area contributed by atoms with Crippen LogP contribution in [0.15, 0.2) is 66.8 Å². The number of anilines is 2. The first-order valence-electron chi connectivity index (χ1n) is 11.4. The fourth-order valence-electron chi connectivity index (χ4n) is 3.52. The van der Waals surface area contributed by atoms with E-state index in [1.54, 1.807) is 13.0 Å². The number of ketones is 1. The van der Waals surface area contributed by atoms with Crippen LogP contribution in [-0.2, 0) is 21.0 Å². The predicted octanol–water partition coefficient (Wildman–Crippen LogP) is 4.94. The third-order valence-electron chi connectivity index (χ3n) is 5.19. The van der Waals surface area contributed by atoms with E-state index in [4.69, 9.17) is 26.6 Å². The summed E-state index contributed by atoms with van der Waals surface area (Å²) in [5, 5.41) is 16.4. The van der Waals surface area contributed by atoms with Gasteiger partial charge in [-0.25, -0.2) is 9.59 Å². The number of aliphatic carboxylic acids is 2. The fourth-order valence-corrected chi connectivity index (χ4v) is 3.69. The molecule has 0 spiro atoms. The number of likely N-dealkylation sites (N-methyl/N-ethyl adjacent to an activating group) is 1. The first-order chi connectivity index (χ1) is 17.2. The van der Waals surface area contributed by atoms with E-state index < -0.39 is 11.9 Å². The van der Waals surface area contributed by atoms with Gasteiger partial charge in [0, 0.05) is 41.5 Å². The van der Waals surface area contributed by atoms with Crippen LogP contribution in [0.2, 0.25) is 5.02 Å². The van der Waals surface area contributed by atoms with Gasteiger partial charge in [0.1, 0.15) is 12.4 Å². The summed E-state index contributed by atoms with van der Waals surface area (Å²) in [5.74, 6) is -1.52. The second kappa shape index (κ2) is 14.7. The highest BCUT2D eigenvalue weighted by Gasteiger charge is 2.21. The Morgan fingerprint density at radius 1 is 1.03 bits per heavy atom. The zero-order valence-electron chi connectivity index (χ0n) is 20.4. The van der Waals surface area contributed by atoms with Gasteiger partial charge in [0.15, 0.2) is 5.78 Å². The maximum Gasteiger partial charge on any atom is 0.328 e. The van der Waals surface area contributed by atoms with E-state index >= 15 is 0 Å². The van der Waals surface area contributed by atoms with Crippen molar-refractivity contribution in [3.63, 3.8) is 0 Å². The van der Waals surface area contributed by atoms with Gasteiger partial charge in [0.05, 0.1) is 5.69 Å². The number of carbonyl (C=O) groups excluding carboxylic acids is 1.